The molecule has 116 valence electrons. The molecule has 0 aliphatic heterocycles. The molecule has 0 radical (unpaired) electrons. The molecule has 8 nitrogen and oxygen atoms in total. The Morgan fingerprint density at radius 3 is 1.57 bits per heavy atom. The third-order valence-electron chi connectivity index (χ3n) is 2.16. The van der Waals surface area contributed by atoms with Crippen LogP contribution in [0.5, 0.6) is 0 Å². The molecule has 0 aliphatic rings. The number of hydrogen-bond donors (Lipinski definition) is 2. The lowest BCUT2D eigenvalue weighted by Gasteiger charge is -1.98. The highest BCUT2D eigenvalue weighted by atomic mass is 16.5. The third kappa shape index (κ3) is 7.51. The zero-order chi connectivity index (χ0) is 16.1. The van der Waals surface area contributed by atoms with Gasteiger partial charge >= 0.3 is 11.9 Å². The van der Waals surface area contributed by atoms with Crippen LogP contribution in [0.4, 0.5) is 0 Å². The summed E-state index contributed by atoms with van der Waals surface area (Å²) in [6, 6.07) is 0. The number of aliphatic hydroxyl groups excluding tert-OH is 2. The second kappa shape index (κ2) is 11.2. The van der Waals surface area contributed by atoms with Crippen molar-refractivity contribution in [2.24, 2.45) is 9.98 Å². The van der Waals surface area contributed by atoms with Gasteiger partial charge < -0.3 is 19.7 Å². The summed E-state index contributed by atoms with van der Waals surface area (Å²) in [5.41, 5.74) is -0.116. The van der Waals surface area contributed by atoms with E-state index in [1.807, 2.05) is 0 Å². The standard InChI is InChI=1S/C13H18N2O6/c1-20-12(18)10(8-16)6-14-4-3-5-15-7-11(9-17)13(19)21-2/h6-9,16-17H,3-5H2,1-2H3/b10-8+,11-9+,14-6?,15-7?. The minimum absolute atomic E-state index is 0.0582. The number of aliphatic imine (C=N–C) groups is 2. The van der Waals surface area contributed by atoms with Gasteiger partial charge in [0.25, 0.3) is 0 Å². The van der Waals surface area contributed by atoms with Gasteiger partial charge in [-0.3, -0.25) is 9.98 Å². The van der Waals surface area contributed by atoms with Crippen LogP contribution in [-0.4, -0.2) is 61.9 Å². The van der Waals surface area contributed by atoms with Crippen LogP contribution in [-0.2, 0) is 19.1 Å². The predicted molar refractivity (Wildman–Crippen MR) is 76.8 cm³/mol. The highest BCUT2D eigenvalue weighted by Crippen LogP contribution is 1.95. The summed E-state index contributed by atoms with van der Waals surface area (Å²) in [4.78, 5) is 30.0. The number of ether oxygens (including phenoxy) is 2. The molecule has 0 fully saturated rings. The van der Waals surface area contributed by atoms with Gasteiger partial charge in [-0.1, -0.05) is 0 Å². The van der Waals surface area contributed by atoms with Crippen LogP contribution < -0.4 is 0 Å². The molecule has 0 aromatic rings. The van der Waals surface area contributed by atoms with E-state index in [-0.39, 0.29) is 11.1 Å². The van der Waals surface area contributed by atoms with Crippen LogP contribution in [0.25, 0.3) is 0 Å². The summed E-state index contributed by atoms with van der Waals surface area (Å²) in [5, 5.41) is 17.6. The van der Waals surface area contributed by atoms with E-state index in [9.17, 15) is 9.59 Å². The van der Waals surface area contributed by atoms with Crippen molar-refractivity contribution < 1.29 is 29.3 Å². The molecule has 0 aromatic carbocycles. The summed E-state index contributed by atoms with van der Waals surface area (Å²) >= 11 is 0. The van der Waals surface area contributed by atoms with Crippen LogP contribution in [0.1, 0.15) is 6.42 Å². The fourth-order valence-corrected chi connectivity index (χ4v) is 1.09. The molecular weight excluding hydrogens is 280 g/mol. The molecule has 0 bridgehead atoms. The summed E-state index contributed by atoms with van der Waals surface area (Å²) < 4.78 is 8.83. The van der Waals surface area contributed by atoms with Gasteiger partial charge in [0.1, 0.15) is 11.1 Å². The van der Waals surface area contributed by atoms with Crippen molar-refractivity contribution in [1.29, 1.82) is 0 Å². The van der Waals surface area contributed by atoms with Crippen molar-refractivity contribution in [1.82, 2.24) is 0 Å². The molecule has 0 saturated carbocycles. The molecule has 0 heterocycles. The van der Waals surface area contributed by atoms with Gasteiger partial charge in [-0.15, -0.1) is 0 Å². The minimum Gasteiger partial charge on any atom is -0.515 e. The molecule has 0 atom stereocenters. The molecule has 0 aliphatic carbocycles. The van der Waals surface area contributed by atoms with Crippen molar-refractivity contribution >= 4 is 24.4 Å². The first-order chi connectivity index (χ1) is 10.1. The van der Waals surface area contributed by atoms with Crippen molar-refractivity contribution in [3.8, 4) is 0 Å². The molecule has 0 aromatic heterocycles. The molecule has 0 rings (SSSR count). The van der Waals surface area contributed by atoms with E-state index in [1.165, 1.54) is 26.6 Å². The molecule has 21 heavy (non-hydrogen) atoms. The molecule has 0 unspecified atom stereocenters. The van der Waals surface area contributed by atoms with Crippen LogP contribution in [0, 0.1) is 0 Å². The van der Waals surface area contributed by atoms with E-state index < -0.39 is 11.9 Å². The number of carbonyl (C=O) groups excluding carboxylic acids is 2. The number of esters is 2. The lowest BCUT2D eigenvalue weighted by atomic mass is 10.3. The molecule has 0 saturated heterocycles. The fourth-order valence-electron chi connectivity index (χ4n) is 1.09. The lowest BCUT2D eigenvalue weighted by Crippen LogP contribution is -2.06. The highest BCUT2D eigenvalue weighted by molar-refractivity contribution is 6.09. The van der Waals surface area contributed by atoms with Gasteiger partial charge in [-0.25, -0.2) is 9.59 Å². The number of rotatable bonds is 8. The van der Waals surface area contributed by atoms with Crippen LogP contribution in [0.2, 0.25) is 0 Å². The predicted octanol–water partition coefficient (Wildman–Crippen LogP) is 0.748. The first-order valence-corrected chi connectivity index (χ1v) is 5.95. The van der Waals surface area contributed by atoms with Gasteiger partial charge in [-0.2, -0.15) is 0 Å². The molecule has 0 amide bonds. The van der Waals surface area contributed by atoms with Crippen LogP contribution in [0.15, 0.2) is 33.7 Å². The Kier molecular flexibility index (Phi) is 9.80. The van der Waals surface area contributed by atoms with Gasteiger partial charge in [0, 0.05) is 25.5 Å². The first-order valence-electron chi connectivity index (χ1n) is 5.95. The Balaban J connectivity index is 4.12. The molecular formula is C13H18N2O6. The monoisotopic (exact) mass is 298 g/mol. The Morgan fingerprint density at radius 2 is 1.29 bits per heavy atom. The van der Waals surface area contributed by atoms with E-state index in [2.05, 4.69) is 19.5 Å². The lowest BCUT2D eigenvalue weighted by molar-refractivity contribution is -0.136. The number of carbonyl (C=O) groups is 2. The zero-order valence-electron chi connectivity index (χ0n) is 11.9. The zero-order valence-corrected chi connectivity index (χ0v) is 11.9. The van der Waals surface area contributed by atoms with Crippen molar-refractivity contribution in [3.05, 3.63) is 23.7 Å². The summed E-state index contributed by atoms with van der Waals surface area (Å²) in [7, 11) is 2.39. The van der Waals surface area contributed by atoms with Crippen LogP contribution >= 0.6 is 0 Å². The average molecular weight is 298 g/mol. The van der Waals surface area contributed by atoms with Crippen molar-refractivity contribution in [3.63, 3.8) is 0 Å². The van der Waals surface area contributed by atoms with Gasteiger partial charge in [0.15, 0.2) is 0 Å². The topological polar surface area (TPSA) is 118 Å². The Morgan fingerprint density at radius 1 is 0.905 bits per heavy atom. The maximum Gasteiger partial charge on any atom is 0.342 e. The second-order valence-electron chi connectivity index (χ2n) is 3.58. The molecule has 0 spiro atoms. The average Bonchev–Trinajstić information content (AvgIpc) is 2.52. The van der Waals surface area contributed by atoms with E-state index in [0.29, 0.717) is 32.0 Å². The van der Waals surface area contributed by atoms with E-state index in [1.54, 1.807) is 0 Å². The molecule has 2 N–H and O–H groups in total. The van der Waals surface area contributed by atoms with Gasteiger partial charge in [-0.05, 0) is 6.42 Å². The highest BCUT2D eigenvalue weighted by Gasteiger charge is 2.06. The number of aliphatic hydroxyl groups is 2. The van der Waals surface area contributed by atoms with Crippen molar-refractivity contribution in [2.75, 3.05) is 27.3 Å². The number of nitrogens with zero attached hydrogens (tertiary/aromatic N) is 2. The summed E-state index contributed by atoms with van der Waals surface area (Å²) in [6.07, 6.45) is 4.17. The maximum atomic E-state index is 11.1. The largest absolute Gasteiger partial charge is 0.515 e. The Labute approximate surface area is 122 Å². The first kappa shape index (κ1) is 18.4. The van der Waals surface area contributed by atoms with E-state index in [4.69, 9.17) is 10.2 Å². The second-order valence-corrected chi connectivity index (χ2v) is 3.58. The van der Waals surface area contributed by atoms with Gasteiger partial charge in [0.2, 0.25) is 0 Å². The third-order valence-corrected chi connectivity index (χ3v) is 2.16. The summed E-state index contributed by atoms with van der Waals surface area (Å²) in [6.45, 7) is 0.726. The summed E-state index contributed by atoms with van der Waals surface area (Å²) in [5.74, 6) is -1.37. The quantitative estimate of drug-likeness (QED) is 0.224. The minimum atomic E-state index is -0.685. The Bertz CT molecular complexity index is 423. The van der Waals surface area contributed by atoms with E-state index >= 15 is 0 Å². The normalized spacial score (nSPS) is 12.9. The SMILES string of the molecule is COC(=O)/C(C=NCCCN=C/C(=C\O)C(=O)OC)=C/O. The fraction of sp³-hybridized carbons (Fsp3) is 0.385. The van der Waals surface area contributed by atoms with Crippen molar-refractivity contribution in [2.45, 2.75) is 6.42 Å². The smallest absolute Gasteiger partial charge is 0.342 e. The number of methoxy groups -OCH3 is 2. The Hall–Kier alpha value is -2.64. The number of hydrogen-bond acceptors (Lipinski definition) is 8. The van der Waals surface area contributed by atoms with Crippen LogP contribution in [0.3, 0.4) is 0 Å². The van der Waals surface area contributed by atoms with E-state index in [0.717, 1.165) is 0 Å². The van der Waals surface area contributed by atoms with Gasteiger partial charge in [0.05, 0.1) is 26.7 Å². The molecule has 8 heteroatoms. The maximum absolute atomic E-state index is 11.1.